The molecule has 3 rings (SSSR count). The van der Waals surface area contributed by atoms with Crippen LogP contribution in [0.15, 0.2) is 34.2 Å². The number of hydrogen-bond donors (Lipinski definition) is 0. The second-order valence-electron chi connectivity index (χ2n) is 4.28. The van der Waals surface area contributed by atoms with Crippen LogP contribution in [0.3, 0.4) is 0 Å². The molecular weight excluding hydrogens is 278 g/mol. The summed E-state index contributed by atoms with van der Waals surface area (Å²) >= 11 is 1.51. The summed E-state index contributed by atoms with van der Waals surface area (Å²) in [5.74, 6) is 1.31. The molecule has 1 saturated heterocycles. The zero-order chi connectivity index (χ0) is 13.6. The molecular formula is C13H15N3O3S. The van der Waals surface area contributed by atoms with Crippen molar-refractivity contribution < 1.29 is 13.9 Å². The van der Waals surface area contributed by atoms with Crippen LogP contribution in [-0.4, -0.2) is 40.4 Å². The molecule has 0 atom stereocenters. The van der Waals surface area contributed by atoms with Gasteiger partial charge in [0.15, 0.2) is 6.29 Å². The lowest BCUT2D eigenvalue weighted by Crippen LogP contribution is -2.25. The quantitative estimate of drug-likeness (QED) is 0.784. The van der Waals surface area contributed by atoms with Gasteiger partial charge in [0.1, 0.15) is 0 Å². The third kappa shape index (κ3) is 3.56. The van der Waals surface area contributed by atoms with E-state index >= 15 is 0 Å². The van der Waals surface area contributed by atoms with E-state index < -0.39 is 0 Å². The van der Waals surface area contributed by atoms with Crippen LogP contribution in [0, 0.1) is 0 Å². The molecule has 106 valence electrons. The van der Waals surface area contributed by atoms with E-state index in [1.165, 1.54) is 11.8 Å². The topological polar surface area (TPSA) is 70.3 Å². The van der Waals surface area contributed by atoms with Gasteiger partial charge >= 0.3 is 0 Å². The van der Waals surface area contributed by atoms with Crippen LogP contribution in [-0.2, 0) is 9.47 Å². The first kappa shape index (κ1) is 13.5. The monoisotopic (exact) mass is 293 g/mol. The fraction of sp³-hybridized carbons (Fsp3) is 0.462. The molecule has 0 spiro atoms. The van der Waals surface area contributed by atoms with Crippen molar-refractivity contribution in [3.05, 3.63) is 24.5 Å². The molecule has 2 aromatic rings. The standard InChI is InChI=1S/C13H15N3O3S/c1-3-10(9-14-5-1)12-15-16-13(19-12)20-8-4-11-17-6-2-7-18-11/h1,3,5,9,11H,2,4,6-8H2. The zero-order valence-corrected chi connectivity index (χ0v) is 11.7. The third-order valence-corrected chi connectivity index (χ3v) is 3.64. The minimum absolute atomic E-state index is 0.100. The summed E-state index contributed by atoms with van der Waals surface area (Å²) in [4.78, 5) is 4.03. The van der Waals surface area contributed by atoms with Crippen molar-refractivity contribution in [1.82, 2.24) is 15.2 Å². The lowest BCUT2D eigenvalue weighted by molar-refractivity contribution is -0.178. The van der Waals surface area contributed by atoms with Gasteiger partial charge in [0.2, 0.25) is 5.89 Å². The summed E-state index contributed by atoms with van der Waals surface area (Å²) in [7, 11) is 0. The molecule has 1 fully saturated rings. The average molecular weight is 293 g/mol. The third-order valence-electron chi connectivity index (χ3n) is 2.79. The van der Waals surface area contributed by atoms with Crippen LogP contribution >= 0.6 is 11.8 Å². The summed E-state index contributed by atoms with van der Waals surface area (Å²) in [6.45, 7) is 1.56. The van der Waals surface area contributed by atoms with Gasteiger partial charge in [-0.05, 0) is 18.6 Å². The summed E-state index contributed by atoms with van der Waals surface area (Å²) < 4.78 is 16.5. The Bertz CT molecular complexity index is 529. The van der Waals surface area contributed by atoms with Gasteiger partial charge in [-0.3, -0.25) is 4.98 Å². The van der Waals surface area contributed by atoms with E-state index in [1.807, 2.05) is 12.1 Å². The Balaban J connectivity index is 1.50. The Morgan fingerprint density at radius 3 is 2.95 bits per heavy atom. The number of nitrogens with zero attached hydrogens (tertiary/aromatic N) is 3. The average Bonchev–Trinajstić information content (AvgIpc) is 2.98. The molecule has 0 N–H and O–H groups in total. The Kier molecular flexibility index (Phi) is 4.62. The molecule has 7 heteroatoms. The zero-order valence-electron chi connectivity index (χ0n) is 10.9. The van der Waals surface area contributed by atoms with Crippen molar-refractivity contribution in [2.75, 3.05) is 19.0 Å². The molecule has 0 amide bonds. The molecule has 0 unspecified atom stereocenters. The molecule has 2 aromatic heterocycles. The van der Waals surface area contributed by atoms with Crippen molar-refractivity contribution in [3.8, 4) is 11.5 Å². The van der Waals surface area contributed by atoms with E-state index in [4.69, 9.17) is 13.9 Å². The molecule has 0 aromatic carbocycles. The molecule has 0 radical (unpaired) electrons. The highest BCUT2D eigenvalue weighted by atomic mass is 32.2. The maximum absolute atomic E-state index is 5.58. The minimum atomic E-state index is -0.100. The Morgan fingerprint density at radius 2 is 2.15 bits per heavy atom. The molecule has 1 aliphatic rings. The summed E-state index contributed by atoms with van der Waals surface area (Å²) in [6.07, 6.45) is 5.10. The van der Waals surface area contributed by atoms with Crippen molar-refractivity contribution in [1.29, 1.82) is 0 Å². The molecule has 0 bridgehead atoms. The number of aromatic nitrogens is 3. The smallest absolute Gasteiger partial charge is 0.276 e. The van der Waals surface area contributed by atoms with Gasteiger partial charge in [-0.1, -0.05) is 11.8 Å². The first-order valence-corrected chi connectivity index (χ1v) is 7.50. The summed E-state index contributed by atoms with van der Waals surface area (Å²) in [5.41, 5.74) is 0.825. The Labute approximate surface area is 120 Å². The summed E-state index contributed by atoms with van der Waals surface area (Å²) in [5, 5.41) is 8.58. The van der Waals surface area contributed by atoms with Crippen LogP contribution in [0.5, 0.6) is 0 Å². The molecule has 3 heterocycles. The van der Waals surface area contributed by atoms with Gasteiger partial charge in [-0.2, -0.15) is 0 Å². The maximum Gasteiger partial charge on any atom is 0.276 e. The second kappa shape index (κ2) is 6.83. The van der Waals surface area contributed by atoms with Gasteiger partial charge < -0.3 is 13.9 Å². The number of ether oxygens (including phenoxy) is 2. The van der Waals surface area contributed by atoms with Crippen molar-refractivity contribution in [2.24, 2.45) is 0 Å². The van der Waals surface area contributed by atoms with Crippen LogP contribution in [0.2, 0.25) is 0 Å². The van der Waals surface area contributed by atoms with E-state index in [1.54, 1.807) is 12.4 Å². The normalized spacial score (nSPS) is 16.4. The van der Waals surface area contributed by atoms with E-state index in [9.17, 15) is 0 Å². The van der Waals surface area contributed by atoms with E-state index in [2.05, 4.69) is 15.2 Å². The van der Waals surface area contributed by atoms with Gasteiger partial charge in [0.05, 0.1) is 18.8 Å². The van der Waals surface area contributed by atoms with Crippen molar-refractivity contribution in [2.45, 2.75) is 24.4 Å². The molecule has 20 heavy (non-hydrogen) atoms. The number of thioether (sulfide) groups is 1. The first-order valence-electron chi connectivity index (χ1n) is 6.52. The van der Waals surface area contributed by atoms with E-state index in [0.29, 0.717) is 11.1 Å². The largest absolute Gasteiger partial charge is 0.411 e. The lowest BCUT2D eigenvalue weighted by Gasteiger charge is -2.22. The van der Waals surface area contributed by atoms with Crippen LogP contribution in [0.1, 0.15) is 12.8 Å². The van der Waals surface area contributed by atoms with Crippen LogP contribution in [0.25, 0.3) is 11.5 Å². The van der Waals surface area contributed by atoms with Crippen LogP contribution < -0.4 is 0 Å². The fourth-order valence-electron chi connectivity index (χ4n) is 1.82. The summed E-state index contributed by atoms with van der Waals surface area (Å²) in [6, 6.07) is 3.72. The maximum atomic E-state index is 5.58. The molecule has 1 aliphatic heterocycles. The number of pyridine rings is 1. The highest BCUT2D eigenvalue weighted by Crippen LogP contribution is 2.23. The number of rotatable bonds is 5. The number of hydrogen-bond acceptors (Lipinski definition) is 7. The predicted octanol–water partition coefficient (Wildman–Crippen LogP) is 2.38. The van der Waals surface area contributed by atoms with Gasteiger partial charge in [0.25, 0.3) is 5.22 Å². The Morgan fingerprint density at radius 1 is 1.25 bits per heavy atom. The van der Waals surface area contributed by atoms with E-state index in [0.717, 1.165) is 37.4 Å². The molecule has 0 saturated carbocycles. The van der Waals surface area contributed by atoms with Crippen LogP contribution in [0.4, 0.5) is 0 Å². The minimum Gasteiger partial charge on any atom is -0.411 e. The molecule has 6 nitrogen and oxygen atoms in total. The van der Waals surface area contributed by atoms with Gasteiger partial charge in [0, 0.05) is 24.6 Å². The van der Waals surface area contributed by atoms with Crippen molar-refractivity contribution >= 4 is 11.8 Å². The van der Waals surface area contributed by atoms with Crippen molar-refractivity contribution in [3.63, 3.8) is 0 Å². The van der Waals surface area contributed by atoms with E-state index in [-0.39, 0.29) is 6.29 Å². The first-order chi connectivity index (χ1) is 9.92. The Hall–Kier alpha value is -1.44. The second-order valence-corrected chi connectivity index (χ2v) is 5.32. The highest BCUT2D eigenvalue weighted by molar-refractivity contribution is 7.99. The lowest BCUT2D eigenvalue weighted by atomic mass is 10.3. The van der Waals surface area contributed by atoms with Gasteiger partial charge in [-0.15, -0.1) is 10.2 Å². The van der Waals surface area contributed by atoms with Gasteiger partial charge in [-0.25, -0.2) is 0 Å². The SMILES string of the molecule is c1cncc(-c2nnc(SCCC3OCCCO3)o2)c1. The predicted molar refractivity (Wildman–Crippen MR) is 73.2 cm³/mol. The fourth-order valence-corrected chi connectivity index (χ4v) is 2.54. The molecule has 0 aliphatic carbocycles. The highest BCUT2D eigenvalue weighted by Gasteiger charge is 2.15.